The minimum atomic E-state index is -1.88. The van der Waals surface area contributed by atoms with Crippen molar-refractivity contribution in [2.24, 2.45) is 0 Å². The molecule has 10 atom stereocenters. The highest BCUT2D eigenvalue weighted by Gasteiger charge is 2.51. The second-order valence-corrected chi connectivity index (χ2v) is 10.1. The Morgan fingerprint density at radius 3 is 2.17 bits per heavy atom. The Morgan fingerprint density at radius 2 is 1.50 bits per heavy atom. The molecular weight excluding hydrogens is 564 g/mol. The summed E-state index contributed by atoms with van der Waals surface area (Å²) in [6.45, 7) is 0.633. The van der Waals surface area contributed by atoms with E-state index < -0.39 is 90.7 Å². The predicted molar refractivity (Wildman–Crippen MR) is 139 cm³/mol. The van der Waals surface area contributed by atoms with Crippen LogP contribution in [0, 0.1) is 0 Å². The zero-order valence-electron chi connectivity index (χ0n) is 21.9. The molecule has 0 spiro atoms. The molecule has 15 nitrogen and oxygen atoms in total. The van der Waals surface area contributed by atoms with Crippen LogP contribution in [-0.2, 0) is 14.2 Å². The number of aromatic hydroxyl groups is 3. The van der Waals surface area contributed by atoms with Crippen LogP contribution in [-0.4, -0.2) is 114 Å². The number of hydrogen-bond donors (Lipinski definition) is 9. The number of phenolic OH excluding ortho intramolecular Hbond substituents is 3. The molecule has 0 radical (unpaired) electrons. The first-order valence-corrected chi connectivity index (χ1v) is 12.9. The Morgan fingerprint density at radius 1 is 0.810 bits per heavy atom. The van der Waals surface area contributed by atoms with Crippen molar-refractivity contribution in [3.63, 3.8) is 0 Å². The third kappa shape index (κ3) is 5.37. The number of benzene rings is 2. The van der Waals surface area contributed by atoms with Crippen molar-refractivity contribution in [1.82, 2.24) is 0 Å². The Labute approximate surface area is 236 Å². The molecule has 2 aliphatic rings. The Hall–Kier alpha value is -3.51. The first-order chi connectivity index (χ1) is 19.9. The number of phenols is 3. The molecule has 5 rings (SSSR count). The van der Waals surface area contributed by atoms with Crippen molar-refractivity contribution in [2.75, 3.05) is 6.61 Å². The summed E-state index contributed by atoms with van der Waals surface area (Å²) in [4.78, 5) is 13.7. The molecule has 2 fully saturated rings. The second-order valence-electron chi connectivity index (χ2n) is 10.1. The summed E-state index contributed by atoms with van der Waals surface area (Å²) in [5.41, 5.74) is -0.934. The Kier molecular flexibility index (Phi) is 8.30. The lowest BCUT2D eigenvalue weighted by atomic mass is 9.97. The van der Waals surface area contributed by atoms with Crippen molar-refractivity contribution in [3.05, 3.63) is 46.6 Å². The van der Waals surface area contributed by atoms with Crippen LogP contribution in [0.4, 0.5) is 0 Å². The molecule has 3 aromatic rings. The maximum atomic E-state index is 13.7. The van der Waals surface area contributed by atoms with Gasteiger partial charge in [-0.1, -0.05) is 0 Å². The molecule has 1 unspecified atom stereocenters. The highest BCUT2D eigenvalue weighted by molar-refractivity contribution is 5.88. The number of hydrogen-bond acceptors (Lipinski definition) is 15. The fraction of sp³-hybridized carbons (Fsp3) is 0.444. The first-order valence-electron chi connectivity index (χ1n) is 12.9. The largest absolute Gasteiger partial charge is 0.508 e. The molecule has 42 heavy (non-hydrogen) atoms. The smallest absolute Gasteiger partial charge is 0.239 e. The van der Waals surface area contributed by atoms with Gasteiger partial charge in [0.15, 0.2) is 18.2 Å². The summed E-state index contributed by atoms with van der Waals surface area (Å²) in [6.07, 6.45) is -16.4. The maximum absolute atomic E-state index is 13.7. The first kappa shape index (κ1) is 30.0. The van der Waals surface area contributed by atoms with E-state index in [0.29, 0.717) is 0 Å². The number of aliphatic hydroxyl groups excluding tert-OH is 6. The van der Waals surface area contributed by atoms with E-state index in [4.69, 9.17) is 23.4 Å². The third-order valence-corrected chi connectivity index (χ3v) is 7.21. The van der Waals surface area contributed by atoms with E-state index >= 15 is 0 Å². The Balaban J connectivity index is 1.58. The van der Waals surface area contributed by atoms with E-state index in [1.165, 1.54) is 31.2 Å². The van der Waals surface area contributed by atoms with E-state index in [0.717, 1.165) is 12.1 Å². The number of aliphatic hydroxyl groups is 6. The monoisotopic (exact) mass is 594 g/mol. The average molecular weight is 595 g/mol. The van der Waals surface area contributed by atoms with Crippen LogP contribution < -0.4 is 10.2 Å². The number of rotatable bonds is 6. The zero-order valence-corrected chi connectivity index (χ0v) is 21.9. The molecule has 2 aliphatic heterocycles. The van der Waals surface area contributed by atoms with Crippen molar-refractivity contribution in [1.29, 1.82) is 0 Å². The lowest BCUT2D eigenvalue weighted by Gasteiger charge is -2.45. The standard InChI is InChI=1S/C27H30O15/c1-9-17(32)21(36)25(42-26-22(37)20(35)18(33)15(8-28)40-26)27(38-9)41-24-19(34)16-13(31)6-12(30)7-14(16)39-23(24)10-2-4-11(29)5-3-10/h2-7,9,15,17-18,20-22,25-33,35-37H,8H2,1H3/t9-,15+,17-,18+,20-,21+,22+,25+,26-,27?/m1/s1. The lowest BCUT2D eigenvalue weighted by molar-refractivity contribution is -0.355. The fourth-order valence-electron chi connectivity index (χ4n) is 4.87. The highest BCUT2D eigenvalue weighted by atomic mass is 16.8. The molecule has 9 N–H and O–H groups in total. The van der Waals surface area contributed by atoms with Gasteiger partial charge in [0, 0.05) is 17.7 Å². The van der Waals surface area contributed by atoms with Gasteiger partial charge < -0.3 is 69.3 Å². The normalized spacial score (nSPS) is 33.5. The van der Waals surface area contributed by atoms with Gasteiger partial charge in [0.2, 0.25) is 17.5 Å². The van der Waals surface area contributed by atoms with Gasteiger partial charge in [0.1, 0.15) is 64.8 Å². The van der Waals surface area contributed by atoms with E-state index in [1.807, 2.05) is 0 Å². The summed E-state index contributed by atoms with van der Waals surface area (Å²) in [6, 6.07) is 7.38. The quantitative estimate of drug-likeness (QED) is 0.159. The molecule has 1 aromatic heterocycles. The number of ether oxygens (including phenoxy) is 4. The van der Waals surface area contributed by atoms with E-state index in [2.05, 4.69) is 0 Å². The molecule has 2 aromatic carbocycles. The van der Waals surface area contributed by atoms with Crippen LogP contribution in [0.1, 0.15) is 6.92 Å². The van der Waals surface area contributed by atoms with Gasteiger partial charge in [-0.3, -0.25) is 4.79 Å². The van der Waals surface area contributed by atoms with Gasteiger partial charge in [-0.05, 0) is 31.2 Å². The van der Waals surface area contributed by atoms with Crippen LogP contribution in [0.25, 0.3) is 22.3 Å². The number of fused-ring (bicyclic) bond motifs is 1. The molecule has 15 heteroatoms. The summed E-state index contributed by atoms with van der Waals surface area (Å²) in [5.74, 6) is -1.93. The molecule has 2 saturated heterocycles. The molecule has 3 heterocycles. The van der Waals surface area contributed by atoms with Gasteiger partial charge in [-0.2, -0.15) is 0 Å². The van der Waals surface area contributed by atoms with Gasteiger partial charge in [0.05, 0.1) is 12.7 Å². The van der Waals surface area contributed by atoms with E-state index in [1.54, 1.807) is 0 Å². The molecular formula is C27H30O15. The van der Waals surface area contributed by atoms with Crippen LogP contribution in [0.2, 0.25) is 0 Å². The van der Waals surface area contributed by atoms with Crippen molar-refractivity contribution in [2.45, 2.75) is 68.3 Å². The Bertz CT molecular complexity index is 1470. The van der Waals surface area contributed by atoms with Crippen LogP contribution in [0.15, 0.2) is 45.6 Å². The van der Waals surface area contributed by atoms with Crippen molar-refractivity contribution in [3.8, 4) is 34.3 Å². The molecule has 0 aliphatic carbocycles. The van der Waals surface area contributed by atoms with Gasteiger partial charge >= 0.3 is 0 Å². The molecule has 0 saturated carbocycles. The topological polar surface area (TPSA) is 249 Å². The predicted octanol–water partition coefficient (Wildman–Crippen LogP) is -1.39. The minimum Gasteiger partial charge on any atom is -0.508 e. The van der Waals surface area contributed by atoms with Gasteiger partial charge in [-0.15, -0.1) is 0 Å². The summed E-state index contributed by atoms with van der Waals surface area (Å²) in [7, 11) is 0. The summed E-state index contributed by atoms with van der Waals surface area (Å²) in [5, 5.41) is 91.4. The van der Waals surface area contributed by atoms with E-state index in [9.17, 15) is 50.8 Å². The SMILES string of the molecule is C[C@H]1OC(Oc2c(-c3ccc(O)cc3)oc3cc(O)cc(O)c3c2=O)[C@@H](O[C@H]2O[C@@H](CO)[C@H](O)[C@@H](O)[C@@H]2O)[C@@H](O)[C@@H]1O. The molecule has 0 amide bonds. The summed E-state index contributed by atoms with van der Waals surface area (Å²) >= 11 is 0. The average Bonchev–Trinajstić information content (AvgIpc) is 2.95. The zero-order chi connectivity index (χ0) is 30.5. The van der Waals surface area contributed by atoms with Crippen LogP contribution >= 0.6 is 0 Å². The van der Waals surface area contributed by atoms with Gasteiger partial charge in [-0.25, -0.2) is 0 Å². The fourth-order valence-corrected chi connectivity index (χ4v) is 4.87. The van der Waals surface area contributed by atoms with Crippen molar-refractivity contribution >= 4 is 11.0 Å². The summed E-state index contributed by atoms with van der Waals surface area (Å²) < 4.78 is 28.5. The van der Waals surface area contributed by atoms with Crippen molar-refractivity contribution < 1.29 is 69.3 Å². The second kappa shape index (κ2) is 11.6. The van der Waals surface area contributed by atoms with E-state index in [-0.39, 0.29) is 28.0 Å². The molecule has 228 valence electrons. The lowest BCUT2D eigenvalue weighted by Crippen LogP contribution is -2.64. The van der Waals surface area contributed by atoms with Gasteiger partial charge in [0.25, 0.3) is 0 Å². The minimum absolute atomic E-state index is 0.103. The van der Waals surface area contributed by atoms with Crippen LogP contribution in [0.5, 0.6) is 23.0 Å². The maximum Gasteiger partial charge on any atom is 0.239 e. The highest BCUT2D eigenvalue weighted by Crippen LogP contribution is 2.38. The molecule has 0 bridgehead atoms. The van der Waals surface area contributed by atoms with Crippen LogP contribution in [0.3, 0.4) is 0 Å². The third-order valence-electron chi connectivity index (χ3n) is 7.21.